The Morgan fingerprint density at radius 3 is 1.31 bits per heavy atom. The molecule has 6 aliphatic carbocycles. The molecule has 0 saturated carbocycles. The van der Waals surface area contributed by atoms with E-state index in [2.05, 4.69) is 355 Å². The Balaban J connectivity index is 0.683. The van der Waals surface area contributed by atoms with E-state index in [0.29, 0.717) is 19.1 Å². The Hall–Kier alpha value is -11.7. The van der Waals surface area contributed by atoms with Gasteiger partial charge in [0.1, 0.15) is 11.5 Å². The average Bonchev–Trinajstić information content (AvgIpc) is 1.56. The van der Waals surface area contributed by atoms with E-state index in [1.54, 1.807) is 0 Å². The van der Waals surface area contributed by atoms with Crippen molar-refractivity contribution in [3.8, 4) is 56.0 Å². The molecule has 4 nitrogen and oxygen atoms in total. The van der Waals surface area contributed by atoms with Crippen molar-refractivity contribution < 1.29 is 9.47 Å². The van der Waals surface area contributed by atoms with Crippen molar-refractivity contribution >= 4 is 46.2 Å². The van der Waals surface area contributed by atoms with Crippen LogP contribution in [0.3, 0.4) is 0 Å². The second kappa shape index (κ2) is 30.4. The third kappa shape index (κ3) is 13.1. The summed E-state index contributed by atoms with van der Waals surface area (Å²) in [6.45, 7) is 21.3. The van der Waals surface area contributed by atoms with Gasteiger partial charge in [0.2, 0.25) is 0 Å². The van der Waals surface area contributed by atoms with E-state index >= 15 is 0 Å². The van der Waals surface area contributed by atoms with Crippen molar-refractivity contribution in [2.45, 2.75) is 139 Å². The van der Waals surface area contributed by atoms with E-state index < -0.39 is 0 Å². The van der Waals surface area contributed by atoms with Crippen molar-refractivity contribution in [3.05, 3.63) is 395 Å². The number of fused-ring (bicyclic) bond motifs is 12. The molecule has 113 heavy (non-hydrogen) atoms. The average molecular weight is 1470 g/mol. The summed E-state index contributed by atoms with van der Waals surface area (Å²) in [6.07, 6.45) is 31.2. The molecule has 4 heteroatoms. The molecular formula is C109H102N2O2. The van der Waals surface area contributed by atoms with Crippen LogP contribution in [0.25, 0.3) is 62.2 Å². The van der Waals surface area contributed by atoms with E-state index in [9.17, 15) is 0 Å². The molecule has 0 aliphatic heterocycles. The summed E-state index contributed by atoms with van der Waals surface area (Å²) in [5, 5.41) is 0. The van der Waals surface area contributed by atoms with Gasteiger partial charge in [0.25, 0.3) is 0 Å². The lowest BCUT2D eigenvalue weighted by Crippen LogP contribution is -2.32. The number of ether oxygens (including phenoxy) is 2. The van der Waals surface area contributed by atoms with Crippen LogP contribution in [0, 0.1) is 5.92 Å². The third-order valence-electron chi connectivity index (χ3n) is 26.0. The van der Waals surface area contributed by atoms with Gasteiger partial charge in [0.05, 0.1) is 19.3 Å². The molecule has 0 saturated heterocycles. The van der Waals surface area contributed by atoms with Crippen LogP contribution >= 0.6 is 0 Å². The van der Waals surface area contributed by atoms with Crippen LogP contribution in [0.4, 0.5) is 28.4 Å². The minimum absolute atomic E-state index is 0.0288. The second-order valence-corrected chi connectivity index (χ2v) is 33.4. The van der Waals surface area contributed by atoms with Gasteiger partial charge in [-0.15, -0.1) is 0 Å². The lowest BCUT2D eigenvalue weighted by atomic mass is 9.67. The number of rotatable bonds is 27. The lowest BCUT2D eigenvalue weighted by molar-refractivity contribution is 0.303. The van der Waals surface area contributed by atoms with Crippen molar-refractivity contribution in [2.75, 3.05) is 23.0 Å². The highest BCUT2D eigenvalue weighted by Crippen LogP contribution is 2.61. The number of hydrogen-bond donors (Lipinski definition) is 0. The summed E-state index contributed by atoms with van der Waals surface area (Å²) in [4.78, 5) is 5.22. The van der Waals surface area contributed by atoms with Crippen LogP contribution in [0.2, 0.25) is 0 Å². The molecule has 0 spiro atoms. The summed E-state index contributed by atoms with van der Waals surface area (Å²) >= 11 is 0. The molecule has 0 fully saturated rings. The summed E-state index contributed by atoms with van der Waals surface area (Å²) in [7, 11) is 0. The highest BCUT2D eigenvalue weighted by atomic mass is 16.5. The zero-order chi connectivity index (χ0) is 76.8. The molecule has 4 atom stereocenters. The molecule has 18 rings (SSSR count). The maximum Gasteiger partial charge on any atom is 0.119 e. The van der Waals surface area contributed by atoms with Crippen molar-refractivity contribution in [2.24, 2.45) is 5.92 Å². The van der Waals surface area contributed by atoms with Gasteiger partial charge in [-0.05, 0) is 252 Å². The monoisotopic (exact) mass is 1470 g/mol. The highest BCUT2D eigenvalue weighted by Gasteiger charge is 2.48. The normalized spacial score (nSPS) is 18.5. The molecule has 4 unspecified atom stereocenters. The van der Waals surface area contributed by atoms with Crippen molar-refractivity contribution in [3.63, 3.8) is 0 Å². The molecule has 0 N–H and O–H groups in total. The first-order valence-electron chi connectivity index (χ1n) is 41.5. The first-order chi connectivity index (χ1) is 55.3. The molecule has 560 valence electrons. The fraction of sp³-hybridized carbons (Fsp3) is 0.229. The van der Waals surface area contributed by atoms with Gasteiger partial charge in [-0.3, -0.25) is 0 Å². The van der Waals surface area contributed by atoms with E-state index in [4.69, 9.17) is 9.47 Å². The SMILES string of the molecule is C=Cc1ccc(OCCCCCCC2(C3=CC(C)CC=C3)c3ccccc3-c3ccc(N(c4ccc5c(c4)C(C)(C)c4ccccc4-5)C4C=CC(c5ccc(N(c6ccc7c(c6)C(C)(C)c6ccccc6-7)c6ccc7c(c6)C(CCCCCCOc6ccc(C=C)cc6)(c6ccccc6)c6ccccc6-7)cc5)=CC4)cc32)cc1. The number of allylic oxidation sites excluding steroid dienone is 6. The van der Waals surface area contributed by atoms with Gasteiger partial charge in [-0.1, -0.05) is 323 Å². The second-order valence-electron chi connectivity index (χ2n) is 33.4. The van der Waals surface area contributed by atoms with Crippen molar-refractivity contribution in [1.82, 2.24) is 0 Å². The van der Waals surface area contributed by atoms with Crippen LogP contribution in [0.15, 0.2) is 328 Å². The number of benzene rings is 12. The summed E-state index contributed by atoms with van der Waals surface area (Å²) in [5.41, 5.74) is 34.0. The smallest absolute Gasteiger partial charge is 0.119 e. The zero-order valence-electron chi connectivity index (χ0n) is 66.3. The van der Waals surface area contributed by atoms with E-state index in [1.807, 2.05) is 24.3 Å². The van der Waals surface area contributed by atoms with Gasteiger partial charge in [-0.25, -0.2) is 0 Å². The number of anilines is 5. The molecule has 12 aromatic carbocycles. The molecule has 0 heterocycles. The standard InChI is InChI=1S/C109H102N2O2/c1-8-76-42-58-88(59-43-76)112-68-27-12-10-25-66-108(80-31-15-14-16-32-80)100-40-23-19-36-92(100)96-64-56-86(73-104(96)108)110(84-54-62-94-90-34-17-21-38-98(90)106(4,5)102(94)71-84)82-50-46-78(47-51-82)79-48-52-83(53-49-79)111(85-55-63-95-91-35-18-22-39-99(91)107(6,7)103(95)72-85)87-57-65-97-93-37-20-24-41-101(93)109(105(97)74-87,81-33-29-30-75(3)70-81)67-26-11-13-28-69-113-89-60-44-77(9-2)45-61-89/h8-9,14-24,29,31-52,54-65,70-75,83H,1-2,10-13,25-28,30,53,66-69H2,3-7H3. The highest BCUT2D eigenvalue weighted by molar-refractivity contribution is 5.92. The Morgan fingerprint density at radius 1 is 0.381 bits per heavy atom. The minimum Gasteiger partial charge on any atom is -0.494 e. The molecule has 0 bridgehead atoms. The molecule has 12 aromatic rings. The van der Waals surface area contributed by atoms with Gasteiger partial charge >= 0.3 is 0 Å². The van der Waals surface area contributed by atoms with Crippen LogP contribution in [-0.2, 0) is 21.7 Å². The molecule has 6 aliphatic rings. The predicted octanol–water partition coefficient (Wildman–Crippen LogP) is 28.8. The van der Waals surface area contributed by atoms with Crippen LogP contribution in [0.1, 0.15) is 178 Å². The first kappa shape index (κ1) is 72.8. The largest absolute Gasteiger partial charge is 0.494 e. The van der Waals surface area contributed by atoms with Crippen LogP contribution < -0.4 is 19.3 Å². The van der Waals surface area contributed by atoms with Gasteiger partial charge in [0.15, 0.2) is 0 Å². The number of hydrogen-bond acceptors (Lipinski definition) is 4. The number of unbranched alkanes of at least 4 members (excludes halogenated alkanes) is 6. The van der Waals surface area contributed by atoms with Gasteiger partial charge < -0.3 is 19.3 Å². The summed E-state index contributed by atoms with van der Waals surface area (Å²) in [6, 6.07) is 104. The van der Waals surface area contributed by atoms with E-state index in [1.165, 1.54) is 123 Å². The van der Waals surface area contributed by atoms with Gasteiger partial charge in [0, 0.05) is 50.1 Å². The third-order valence-corrected chi connectivity index (χ3v) is 26.0. The minimum atomic E-state index is -0.364. The van der Waals surface area contributed by atoms with Crippen LogP contribution in [0.5, 0.6) is 11.5 Å². The Bertz CT molecular complexity index is 5730. The quantitative estimate of drug-likeness (QED) is 0.0479. The van der Waals surface area contributed by atoms with Crippen LogP contribution in [-0.4, -0.2) is 19.3 Å². The maximum atomic E-state index is 6.26. The Labute approximate surface area is 670 Å². The molecule has 0 amide bonds. The fourth-order valence-electron chi connectivity index (χ4n) is 20.2. The lowest BCUT2D eigenvalue weighted by Gasteiger charge is -2.38. The number of nitrogens with zero attached hydrogens (tertiary/aromatic N) is 2. The first-order valence-corrected chi connectivity index (χ1v) is 41.5. The zero-order valence-corrected chi connectivity index (χ0v) is 66.3. The molecule has 0 radical (unpaired) electrons. The predicted molar refractivity (Wildman–Crippen MR) is 476 cm³/mol. The van der Waals surface area contributed by atoms with Crippen molar-refractivity contribution in [1.29, 1.82) is 0 Å². The van der Waals surface area contributed by atoms with E-state index in [0.717, 1.165) is 117 Å². The van der Waals surface area contributed by atoms with Gasteiger partial charge in [-0.2, -0.15) is 0 Å². The maximum absolute atomic E-state index is 6.26. The Morgan fingerprint density at radius 2 is 0.796 bits per heavy atom. The summed E-state index contributed by atoms with van der Waals surface area (Å²) < 4.78 is 12.5. The summed E-state index contributed by atoms with van der Waals surface area (Å²) in [5.74, 6) is 2.27. The van der Waals surface area contributed by atoms with E-state index in [-0.39, 0.29) is 27.7 Å². The fourth-order valence-corrected chi connectivity index (χ4v) is 20.2. The topological polar surface area (TPSA) is 24.9 Å². The molecule has 0 aromatic heterocycles. The Kier molecular flexibility index (Phi) is 19.6. The molecular weight excluding hydrogens is 1370 g/mol.